The number of carbonyl (C=O) groups excluding carboxylic acids is 5. The topological polar surface area (TPSA) is 149 Å². The lowest BCUT2D eigenvalue weighted by atomic mass is 9.83. The van der Waals surface area contributed by atoms with E-state index in [4.69, 9.17) is 9.47 Å². The van der Waals surface area contributed by atoms with Crippen LogP contribution in [0.3, 0.4) is 0 Å². The number of likely N-dealkylation sites (tertiary alicyclic amines) is 3. The van der Waals surface area contributed by atoms with Crippen LogP contribution in [0.15, 0.2) is 42.5 Å². The van der Waals surface area contributed by atoms with Crippen molar-refractivity contribution in [1.82, 2.24) is 19.6 Å². The van der Waals surface area contributed by atoms with Crippen molar-refractivity contribution in [3.63, 3.8) is 0 Å². The summed E-state index contributed by atoms with van der Waals surface area (Å²) < 4.78 is 11.0. The summed E-state index contributed by atoms with van der Waals surface area (Å²) in [5.41, 5.74) is 3.40. The van der Waals surface area contributed by atoms with E-state index in [-0.39, 0.29) is 54.9 Å². The maximum Gasteiger partial charge on any atom is 0.410 e. The van der Waals surface area contributed by atoms with E-state index in [1.54, 1.807) is 35.8 Å². The van der Waals surface area contributed by atoms with Crippen LogP contribution in [0.4, 0.5) is 15.3 Å². The predicted octanol–water partition coefficient (Wildman–Crippen LogP) is 4.73. The average Bonchev–Trinajstić information content (AvgIpc) is 3.60. The molecule has 53 heavy (non-hydrogen) atoms. The van der Waals surface area contributed by atoms with Crippen molar-refractivity contribution in [2.75, 3.05) is 57.7 Å². The highest BCUT2D eigenvalue weighted by Gasteiger charge is 2.38. The minimum atomic E-state index is -1.03. The second-order valence-electron chi connectivity index (χ2n) is 14.8. The molecule has 286 valence electrons. The molecule has 0 radical (unpaired) electrons. The lowest BCUT2D eigenvalue weighted by Gasteiger charge is -2.38. The molecule has 2 aromatic rings. The van der Waals surface area contributed by atoms with Crippen LogP contribution >= 0.6 is 0 Å². The second kappa shape index (κ2) is 17.3. The first-order valence-corrected chi connectivity index (χ1v) is 19.2. The molecule has 0 aromatic heterocycles. The zero-order valence-corrected chi connectivity index (χ0v) is 31.0. The van der Waals surface area contributed by atoms with E-state index >= 15 is 0 Å². The molecule has 0 bridgehead atoms. The Hall–Kier alpha value is -4.81. The lowest BCUT2D eigenvalue weighted by Crippen LogP contribution is -2.51. The van der Waals surface area contributed by atoms with Crippen LogP contribution in [0, 0.1) is 18.8 Å². The van der Waals surface area contributed by atoms with E-state index < -0.39 is 12.2 Å². The zero-order chi connectivity index (χ0) is 37.5. The number of phenols is 1. The van der Waals surface area contributed by atoms with Crippen LogP contribution in [0.25, 0.3) is 0 Å². The summed E-state index contributed by atoms with van der Waals surface area (Å²) in [5.74, 6) is 0.251. The molecule has 13 nitrogen and oxygen atoms in total. The summed E-state index contributed by atoms with van der Waals surface area (Å²) in [5, 5.41) is 13.1. The Balaban J connectivity index is 1.03. The molecule has 6 rings (SSSR count). The number of ether oxygens (including phenoxy) is 2. The fraction of sp³-hybridized carbons (Fsp3) is 0.575. The molecule has 2 N–H and O–H groups in total. The fourth-order valence-corrected chi connectivity index (χ4v) is 8.33. The minimum absolute atomic E-state index is 0.0123. The van der Waals surface area contributed by atoms with Gasteiger partial charge in [0.05, 0.1) is 13.0 Å². The van der Waals surface area contributed by atoms with Crippen LogP contribution in [-0.4, -0.2) is 119 Å². The Morgan fingerprint density at radius 2 is 1.57 bits per heavy atom. The number of urea groups is 1. The number of piperidine rings is 2. The van der Waals surface area contributed by atoms with Gasteiger partial charge in [0, 0.05) is 70.4 Å². The molecular formula is C40H53N5O8. The third kappa shape index (κ3) is 9.41. The molecule has 1 unspecified atom stereocenters. The number of nitrogens with one attached hydrogen (secondary N) is 1. The van der Waals surface area contributed by atoms with Crippen LogP contribution in [-0.2, 0) is 36.7 Å². The normalized spacial score (nSPS) is 20.3. The van der Waals surface area contributed by atoms with Gasteiger partial charge in [-0.2, -0.15) is 0 Å². The number of hydrogen-bond donors (Lipinski definition) is 2. The van der Waals surface area contributed by atoms with Crippen molar-refractivity contribution in [2.45, 2.75) is 83.8 Å². The molecule has 4 aliphatic heterocycles. The van der Waals surface area contributed by atoms with Crippen LogP contribution in [0.2, 0.25) is 0 Å². The number of para-hydroxylation sites is 1. The van der Waals surface area contributed by atoms with Crippen LogP contribution in [0.5, 0.6) is 5.75 Å². The van der Waals surface area contributed by atoms with E-state index in [0.29, 0.717) is 82.7 Å². The van der Waals surface area contributed by atoms with Crippen molar-refractivity contribution < 1.29 is 38.6 Å². The standard InChI is InChI=1S/C40H53N5O8/c1-3-52-37(48)11-10-36(47)44-20-14-31(26-44)29-12-18-42(19-13-29)38(49)35(25-28-8-9-34(46)27(2)24-28)53-40(51)43-21-16-32(17-22-43)45-23-15-30-6-4-5-7-33(30)41-39(45)50/h4-9,24,29,31-32,35,46H,3,10-23,25-26H2,1-2H3,(H,41,50)/t31?,35-/m1/s1. The molecule has 4 aliphatic rings. The quantitative estimate of drug-likeness (QED) is 0.334. The van der Waals surface area contributed by atoms with Crippen LogP contribution in [0.1, 0.15) is 68.6 Å². The van der Waals surface area contributed by atoms with Gasteiger partial charge in [0.25, 0.3) is 5.91 Å². The first-order chi connectivity index (χ1) is 25.6. The summed E-state index contributed by atoms with van der Waals surface area (Å²) >= 11 is 0. The van der Waals surface area contributed by atoms with Crippen molar-refractivity contribution in [3.8, 4) is 5.75 Å². The van der Waals surface area contributed by atoms with E-state index in [2.05, 4.69) is 5.32 Å². The van der Waals surface area contributed by atoms with Gasteiger partial charge < -0.3 is 39.5 Å². The Morgan fingerprint density at radius 3 is 2.30 bits per heavy atom. The molecule has 2 aromatic carbocycles. The maximum atomic E-state index is 14.1. The first kappa shape index (κ1) is 37.9. The Bertz CT molecular complexity index is 1650. The van der Waals surface area contributed by atoms with Gasteiger partial charge in [-0.25, -0.2) is 9.59 Å². The molecule has 13 heteroatoms. The van der Waals surface area contributed by atoms with Crippen LogP contribution < -0.4 is 5.32 Å². The average molecular weight is 732 g/mol. The molecule has 0 aliphatic carbocycles. The zero-order valence-electron chi connectivity index (χ0n) is 31.0. The molecule has 3 fully saturated rings. The van der Waals surface area contributed by atoms with Gasteiger partial charge >= 0.3 is 18.1 Å². The third-order valence-electron chi connectivity index (χ3n) is 11.4. The predicted molar refractivity (Wildman–Crippen MR) is 197 cm³/mol. The Kier molecular flexibility index (Phi) is 12.4. The number of phenolic OH excluding ortho intramolecular Hbond substituents is 1. The van der Waals surface area contributed by atoms with Gasteiger partial charge in [-0.1, -0.05) is 30.3 Å². The molecule has 0 spiro atoms. The highest BCUT2D eigenvalue weighted by Crippen LogP contribution is 2.33. The number of aryl methyl sites for hydroxylation is 1. The number of esters is 1. The van der Waals surface area contributed by atoms with E-state index in [9.17, 15) is 29.1 Å². The maximum absolute atomic E-state index is 14.1. The SMILES string of the molecule is CCOC(=O)CCC(=O)N1CCC(C2CCN(C(=O)[C@@H](Cc3ccc(O)c(C)c3)OC(=O)N3CCC(N4CCc5ccccc5NC4=O)CC3)CC2)C1. The second-order valence-corrected chi connectivity index (χ2v) is 14.8. The van der Waals surface area contributed by atoms with Gasteiger partial charge in [0.2, 0.25) is 5.91 Å². The molecule has 0 saturated carbocycles. The molecule has 4 heterocycles. The first-order valence-electron chi connectivity index (χ1n) is 19.2. The number of anilines is 1. The summed E-state index contributed by atoms with van der Waals surface area (Å²) in [4.78, 5) is 72.4. The third-order valence-corrected chi connectivity index (χ3v) is 11.4. The summed E-state index contributed by atoms with van der Waals surface area (Å²) in [6.45, 7) is 7.67. The molecule has 2 atom stereocenters. The Morgan fingerprint density at radius 1 is 0.868 bits per heavy atom. The molecule has 5 amide bonds. The smallest absolute Gasteiger partial charge is 0.410 e. The summed E-state index contributed by atoms with van der Waals surface area (Å²) in [6.07, 6.45) is 3.32. The monoisotopic (exact) mass is 731 g/mol. The van der Waals surface area contributed by atoms with Crippen molar-refractivity contribution in [1.29, 1.82) is 0 Å². The highest BCUT2D eigenvalue weighted by atomic mass is 16.6. The number of aromatic hydroxyl groups is 1. The van der Waals surface area contributed by atoms with E-state index in [1.807, 2.05) is 40.1 Å². The fourth-order valence-electron chi connectivity index (χ4n) is 8.33. The van der Waals surface area contributed by atoms with E-state index in [0.717, 1.165) is 42.5 Å². The molecule has 3 saturated heterocycles. The number of nitrogens with zero attached hydrogens (tertiary/aromatic N) is 4. The summed E-state index contributed by atoms with van der Waals surface area (Å²) in [7, 11) is 0. The van der Waals surface area contributed by atoms with E-state index in [1.165, 1.54) is 0 Å². The van der Waals surface area contributed by atoms with Crippen molar-refractivity contribution in [3.05, 3.63) is 59.2 Å². The number of hydrogen-bond acceptors (Lipinski definition) is 8. The number of rotatable bonds is 10. The highest BCUT2D eigenvalue weighted by molar-refractivity contribution is 5.91. The number of amides is 5. The van der Waals surface area contributed by atoms with Crippen molar-refractivity contribution >= 4 is 35.6 Å². The molecular weight excluding hydrogens is 678 g/mol. The largest absolute Gasteiger partial charge is 0.508 e. The Labute approximate surface area is 311 Å². The van der Waals surface area contributed by atoms with Gasteiger partial charge in [-0.15, -0.1) is 0 Å². The van der Waals surface area contributed by atoms with Gasteiger partial charge in [-0.3, -0.25) is 14.4 Å². The lowest BCUT2D eigenvalue weighted by molar-refractivity contribution is -0.145. The number of fused-ring (bicyclic) bond motifs is 1. The van der Waals surface area contributed by atoms with Gasteiger partial charge in [-0.05, 0) is 93.0 Å². The number of benzene rings is 2. The summed E-state index contributed by atoms with van der Waals surface area (Å²) in [6, 6.07) is 12.8. The number of carbonyl (C=O) groups is 5. The van der Waals surface area contributed by atoms with Gasteiger partial charge in [0.15, 0.2) is 6.10 Å². The van der Waals surface area contributed by atoms with Crippen molar-refractivity contribution in [2.24, 2.45) is 11.8 Å². The minimum Gasteiger partial charge on any atom is -0.508 e. The van der Waals surface area contributed by atoms with Gasteiger partial charge in [0.1, 0.15) is 5.75 Å².